The Balaban J connectivity index is 1.94. The molecule has 2 amide bonds. The molecule has 0 bridgehead atoms. The first-order valence-corrected chi connectivity index (χ1v) is 7.19. The topological polar surface area (TPSA) is 122 Å². The Morgan fingerprint density at radius 1 is 1.50 bits per heavy atom. The molecule has 1 spiro atoms. The highest BCUT2D eigenvalue weighted by molar-refractivity contribution is 5.85. The van der Waals surface area contributed by atoms with Gasteiger partial charge in [-0.25, -0.2) is 0 Å². The maximum absolute atomic E-state index is 12.0. The standard InChI is InChI=1S/C13H24N4O3/c14-9(2-3-10(15)18)11(19)17-7-1-4-13(8-17)5-6-16-12(13)20/h9,11,19H,1-8,14H2,(H2,15,18)(H,16,20)/t9-,11?,13?/m0/s1. The maximum Gasteiger partial charge on any atom is 0.227 e. The number of likely N-dealkylation sites (tertiary alicyclic amines) is 1. The smallest absolute Gasteiger partial charge is 0.227 e. The Morgan fingerprint density at radius 2 is 2.25 bits per heavy atom. The van der Waals surface area contributed by atoms with Crippen LogP contribution < -0.4 is 16.8 Å². The fraction of sp³-hybridized carbons (Fsp3) is 0.846. The summed E-state index contributed by atoms with van der Waals surface area (Å²) >= 11 is 0. The van der Waals surface area contributed by atoms with Crippen molar-refractivity contribution in [3.8, 4) is 0 Å². The number of primary amides is 1. The van der Waals surface area contributed by atoms with Gasteiger partial charge in [-0.1, -0.05) is 0 Å². The van der Waals surface area contributed by atoms with Crippen molar-refractivity contribution < 1.29 is 14.7 Å². The van der Waals surface area contributed by atoms with Gasteiger partial charge in [0.2, 0.25) is 11.8 Å². The molecule has 0 aromatic carbocycles. The molecule has 0 radical (unpaired) electrons. The average Bonchev–Trinajstić information content (AvgIpc) is 2.76. The molecule has 2 aliphatic rings. The Kier molecular flexibility index (Phi) is 4.62. The number of aliphatic hydroxyl groups excluding tert-OH is 1. The largest absolute Gasteiger partial charge is 0.377 e. The quantitative estimate of drug-likeness (QED) is 0.489. The van der Waals surface area contributed by atoms with Crippen LogP contribution in [0.15, 0.2) is 0 Å². The summed E-state index contributed by atoms with van der Waals surface area (Å²) in [5.74, 6) is -0.335. The second kappa shape index (κ2) is 6.07. The number of nitrogens with two attached hydrogens (primary N) is 2. The van der Waals surface area contributed by atoms with Crippen LogP contribution in [0.5, 0.6) is 0 Å². The van der Waals surface area contributed by atoms with Gasteiger partial charge in [-0.05, 0) is 25.7 Å². The third kappa shape index (κ3) is 3.11. The molecule has 3 atom stereocenters. The molecule has 2 aliphatic heterocycles. The highest BCUT2D eigenvalue weighted by atomic mass is 16.3. The SMILES string of the molecule is NC(=O)CC[C@H](N)C(O)N1CCCC2(CCNC2=O)C1. The molecule has 2 fully saturated rings. The van der Waals surface area contributed by atoms with E-state index in [1.807, 2.05) is 4.90 Å². The van der Waals surface area contributed by atoms with Crippen molar-refractivity contribution in [2.24, 2.45) is 16.9 Å². The number of aliphatic hydroxyl groups is 1. The number of nitrogens with zero attached hydrogens (tertiary/aromatic N) is 1. The van der Waals surface area contributed by atoms with Crippen LogP contribution >= 0.6 is 0 Å². The van der Waals surface area contributed by atoms with Gasteiger partial charge in [0.1, 0.15) is 6.23 Å². The van der Waals surface area contributed by atoms with Crippen LogP contribution in [0.2, 0.25) is 0 Å². The van der Waals surface area contributed by atoms with Crippen LogP contribution in [0.1, 0.15) is 32.1 Å². The zero-order valence-electron chi connectivity index (χ0n) is 11.7. The number of piperidine rings is 1. The van der Waals surface area contributed by atoms with Gasteiger partial charge in [0.25, 0.3) is 0 Å². The zero-order valence-corrected chi connectivity index (χ0v) is 11.7. The van der Waals surface area contributed by atoms with Crippen LogP contribution in [0, 0.1) is 5.41 Å². The Hall–Kier alpha value is -1.18. The van der Waals surface area contributed by atoms with Gasteiger partial charge in [-0.15, -0.1) is 0 Å². The molecule has 0 aromatic rings. The second-order valence-corrected chi connectivity index (χ2v) is 5.94. The highest BCUT2D eigenvalue weighted by Crippen LogP contribution is 2.37. The van der Waals surface area contributed by atoms with Gasteiger partial charge < -0.3 is 21.9 Å². The van der Waals surface area contributed by atoms with Crippen molar-refractivity contribution in [2.45, 2.75) is 44.4 Å². The molecule has 2 rings (SSSR count). The predicted octanol–water partition coefficient (Wildman–Crippen LogP) is -1.50. The summed E-state index contributed by atoms with van der Waals surface area (Å²) in [6.07, 6.45) is 2.22. The van der Waals surface area contributed by atoms with Gasteiger partial charge in [0.05, 0.1) is 5.41 Å². The predicted molar refractivity (Wildman–Crippen MR) is 73.3 cm³/mol. The zero-order chi connectivity index (χ0) is 14.8. The fourth-order valence-corrected chi connectivity index (χ4v) is 3.23. The van der Waals surface area contributed by atoms with E-state index >= 15 is 0 Å². The van der Waals surface area contributed by atoms with Crippen LogP contribution in [0.25, 0.3) is 0 Å². The number of hydrogen-bond donors (Lipinski definition) is 4. The van der Waals surface area contributed by atoms with Crippen molar-refractivity contribution in [3.05, 3.63) is 0 Å². The number of hydrogen-bond acceptors (Lipinski definition) is 5. The van der Waals surface area contributed by atoms with E-state index in [0.29, 0.717) is 19.5 Å². The summed E-state index contributed by atoms with van der Waals surface area (Å²) in [4.78, 5) is 24.6. The number of rotatable bonds is 5. The number of carbonyl (C=O) groups is 2. The van der Waals surface area contributed by atoms with Crippen molar-refractivity contribution >= 4 is 11.8 Å². The molecular weight excluding hydrogens is 260 g/mol. The Labute approximate surface area is 118 Å². The van der Waals surface area contributed by atoms with Gasteiger partial charge in [0, 0.05) is 32.1 Å². The molecule has 114 valence electrons. The van der Waals surface area contributed by atoms with Gasteiger partial charge in [-0.2, -0.15) is 0 Å². The summed E-state index contributed by atoms with van der Waals surface area (Å²) in [6, 6.07) is -0.526. The number of carbonyl (C=O) groups excluding carboxylic acids is 2. The molecule has 20 heavy (non-hydrogen) atoms. The van der Waals surface area contributed by atoms with Crippen LogP contribution in [-0.4, -0.2) is 53.7 Å². The van der Waals surface area contributed by atoms with Crippen molar-refractivity contribution in [3.63, 3.8) is 0 Å². The van der Waals surface area contributed by atoms with E-state index in [1.165, 1.54) is 0 Å². The number of amides is 2. The lowest BCUT2D eigenvalue weighted by molar-refractivity contribution is -0.134. The third-order valence-electron chi connectivity index (χ3n) is 4.46. The van der Waals surface area contributed by atoms with Crippen LogP contribution in [0.4, 0.5) is 0 Å². The summed E-state index contributed by atoms with van der Waals surface area (Å²) in [7, 11) is 0. The lowest BCUT2D eigenvalue weighted by Gasteiger charge is -2.42. The van der Waals surface area contributed by atoms with E-state index in [9.17, 15) is 14.7 Å². The number of nitrogens with one attached hydrogen (secondary N) is 1. The van der Waals surface area contributed by atoms with E-state index < -0.39 is 18.2 Å². The summed E-state index contributed by atoms with van der Waals surface area (Å²) in [5, 5.41) is 13.2. The fourth-order valence-electron chi connectivity index (χ4n) is 3.23. The van der Waals surface area contributed by atoms with Gasteiger partial charge in [-0.3, -0.25) is 14.5 Å². The summed E-state index contributed by atoms with van der Waals surface area (Å²) in [6.45, 7) is 1.96. The Bertz CT molecular complexity index is 390. The monoisotopic (exact) mass is 284 g/mol. The van der Waals surface area contributed by atoms with E-state index in [0.717, 1.165) is 25.8 Å². The normalized spacial score (nSPS) is 30.2. The van der Waals surface area contributed by atoms with Crippen LogP contribution in [0.3, 0.4) is 0 Å². The van der Waals surface area contributed by atoms with Crippen LogP contribution in [-0.2, 0) is 9.59 Å². The third-order valence-corrected chi connectivity index (χ3v) is 4.46. The lowest BCUT2D eigenvalue weighted by atomic mass is 9.78. The van der Waals surface area contributed by atoms with Crippen molar-refractivity contribution in [1.82, 2.24) is 10.2 Å². The summed E-state index contributed by atoms with van der Waals surface area (Å²) in [5.41, 5.74) is 10.6. The maximum atomic E-state index is 12.0. The minimum Gasteiger partial charge on any atom is -0.377 e. The molecule has 0 aromatic heterocycles. The first-order valence-electron chi connectivity index (χ1n) is 7.19. The summed E-state index contributed by atoms with van der Waals surface area (Å²) < 4.78 is 0. The van der Waals surface area contributed by atoms with E-state index in [-0.39, 0.29) is 17.7 Å². The first kappa shape index (κ1) is 15.2. The molecule has 7 nitrogen and oxygen atoms in total. The second-order valence-electron chi connectivity index (χ2n) is 5.94. The Morgan fingerprint density at radius 3 is 2.85 bits per heavy atom. The van der Waals surface area contributed by atoms with Crippen molar-refractivity contribution in [2.75, 3.05) is 19.6 Å². The van der Waals surface area contributed by atoms with Crippen molar-refractivity contribution in [1.29, 1.82) is 0 Å². The average molecular weight is 284 g/mol. The molecule has 2 unspecified atom stereocenters. The minimum absolute atomic E-state index is 0.0834. The molecule has 0 aliphatic carbocycles. The van der Waals surface area contributed by atoms with Gasteiger partial charge >= 0.3 is 0 Å². The lowest BCUT2D eigenvalue weighted by Crippen LogP contribution is -2.55. The molecule has 2 heterocycles. The highest BCUT2D eigenvalue weighted by Gasteiger charge is 2.46. The van der Waals surface area contributed by atoms with E-state index in [2.05, 4.69) is 5.32 Å². The van der Waals surface area contributed by atoms with Gasteiger partial charge in [0.15, 0.2) is 0 Å². The van der Waals surface area contributed by atoms with E-state index in [1.54, 1.807) is 0 Å². The molecule has 0 saturated carbocycles. The first-order chi connectivity index (χ1) is 9.44. The molecule has 2 saturated heterocycles. The molecular formula is C13H24N4O3. The molecule has 7 heteroatoms. The molecule has 6 N–H and O–H groups in total. The van der Waals surface area contributed by atoms with E-state index in [4.69, 9.17) is 11.5 Å². The minimum atomic E-state index is -0.833.